The van der Waals surface area contributed by atoms with Gasteiger partial charge in [-0.15, -0.1) is 4.40 Å². The highest BCUT2D eigenvalue weighted by molar-refractivity contribution is 7.89. The lowest BCUT2D eigenvalue weighted by Gasteiger charge is -2.47. The van der Waals surface area contributed by atoms with Crippen LogP contribution in [0, 0.1) is 0 Å². The second kappa shape index (κ2) is 13.2. The fourth-order valence-corrected chi connectivity index (χ4v) is 7.30. The lowest BCUT2D eigenvalue weighted by atomic mass is 9.97. The van der Waals surface area contributed by atoms with E-state index in [0.717, 1.165) is 57.5 Å². The number of aromatic nitrogens is 1. The molecule has 0 radical (unpaired) electrons. The predicted octanol–water partition coefficient (Wildman–Crippen LogP) is 2.73. The largest absolute Gasteiger partial charge is 0.409 e. The van der Waals surface area contributed by atoms with Crippen LogP contribution in [0.5, 0.6) is 0 Å². The highest BCUT2D eigenvalue weighted by Crippen LogP contribution is 2.31. The molecule has 0 aliphatic carbocycles. The van der Waals surface area contributed by atoms with Gasteiger partial charge in [-0.05, 0) is 56.1 Å². The molecule has 5 rings (SSSR count). The summed E-state index contributed by atoms with van der Waals surface area (Å²) in [4.78, 5) is 15.8. The summed E-state index contributed by atoms with van der Waals surface area (Å²) in [5.41, 5.74) is 8.07. The molecule has 2 aromatic rings. The van der Waals surface area contributed by atoms with Crippen molar-refractivity contribution in [2.24, 2.45) is 20.3 Å². The lowest BCUT2D eigenvalue weighted by Crippen LogP contribution is -2.58. The van der Waals surface area contributed by atoms with Crippen LogP contribution in [-0.4, -0.2) is 97.8 Å². The maximum atomic E-state index is 11.8. The summed E-state index contributed by atoms with van der Waals surface area (Å²) < 4.78 is 29.5. The van der Waals surface area contributed by atoms with Gasteiger partial charge in [0.25, 0.3) is 0 Å². The third-order valence-corrected chi connectivity index (χ3v) is 9.53. The number of nitrogens with zero attached hydrogens (tertiary/aromatic N) is 7. The number of halogens is 2. The molecule has 232 valence electrons. The van der Waals surface area contributed by atoms with Crippen molar-refractivity contribution in [3.8, 4) is 0 Å². The first kappa shape index (κ1) is 31.3. The first-order chi connectivity index (χ1) is 20.6. The average molecular weight is 652 g/mol. The molecular formula is C27H36Cl2N10O3S. The number of hydrogen-bond donors (Lipinski definition) is 4. The van der Waals surface area contributed by atoms with Gasteiger partial charge in [0.2, 0.25) is 0 Å². The number of piperidine rings is 1. The van der Waals surface area contributed by atoms with E-state index in [9.17, 15) is 13.6 Å². The summed E-state index contributed by atoms with van der Waals surface area (Å²) in [6.07, 6.45) is 4.74. The molecule has 1 aromatic heterocycles. The van der Waals surface area contributed by atoms with Crippen molar-refractivity contribution in [2.75, 3.05) is 50.0 Å². The molecule has 43 heavy (non-hydrogen) atoms. The molecule has 3 aliphatic rings. The number of aliphatic imine (C=N–C) groups is 1. The third kappa shape index (κ3) is 7.15. The minimum atomic E-state index is -3.81. The molecule has 16 heteroatoms. The van der Waals surface area contributed by atoms with Crippen LogP contribution < -0.4 is 20.7 Å². The van der Waals surface area contributed by atoms with Crippen molar-refractivity contribution >= 4 is 62.4 Å². The molecule has 2 saturated heterocycles. The van der Waals surface area contributed by atoms with Crippen LogP contribution in [0.3, 0.4) is 0 Å². The number of nitrogens with one attached hydrogen (secondary N) is 2. The second-order valence-electron chi connectivity index (χ2n) is 10.8. The summed E-state index contributed by atoms with van der Waals surface area (Å²) in [7, 11) is -2.33. The predicted molar refractivity (Wildman–Crippen MR) is 171 cm³/mol. The van der Waals surface area contributed by atoms with E-state index in [1.165, 1.54) is 7.05 Å². The summed E-state index contributed by atoms with van der Waals surface area (Å²) in [6, 6.07) is 8.08. The third-order valence-electron chi connectivity index (χ3n) is 8.14. The van der Waals surface area contributed by atoms with E-state index in [1.54, 1.807) is 18.3 Å². The molecule has 0 saturated carbocycles. The Bertz CT molecular complexity index is 1540. The fourth-order valence-electron chi connectivity index (χ4n) is 5.99. The van der Waals surface area contributed by atoms with Gasteiger partial charge in [-0.3, -0.25) is 14.8 Å². The fraction of sp³-hybridized carbons (Fsp3) is 0.481. The van der Waals surface area contributed by atoms with Gasteiger partial charge in [-0.25, -0.2) is 9.71 Å². The molecule has 3 aliphatic heterocycles. The zero-order valence-electron chi connectivity index (χ0n) is 24.0. The molecule has 4 heterocycles. The number of anilines is 2. The van der Waals surface area contributed by atoms with Crippen LogP contribution >= 0.6 is 23.2 Å². The van der Waals surface area contributed by atoms with Gasteiger partial charge in [0, 0.05) is 55.9 Å². The van der Waals surface area contributed by atoms with Crippen molar-refractivity contribution in [1.29, 1.82) is 0 Å². The zero-order chi connectivity index (χ0) is 30.7. The molecule has 1 aromatic carbocycles. The van der Waals surface area contributed by atoms with E-state index < -0.39 is 10.2 Å². The highest BCUT2D eigenvalue weighted by Gasteiger charge is 2.34. The van der Waals surface area contributed by atoms with Crippen LogP contribution in [0.25, 0.3) is 0 Å². The maximum absolute atomic E-state index is 11.8. The van der Waals surface area contributed by atoms with Crippen LogP contribution in [0.1, 0.15) is 37.3 Å². The van der Waals surface area contributed by atoms with E-state index in [4.69, 9.17) is 28.9 Å². The Morgan fingerprint density at radius 1 is 1.21 bits per heavy atom. The van der Waals surface area contributed by atoms with Crippen LogP contribution in [0.4, 0.5) is 11.5 Å². The lowest BCUT2D eigenvalue weighted by molar-refractivity contribution is 0.0610. The van der Waals surface area contributed by atoms with Gasteiger partial charge < -0.3 is 21.2 Å². The summed E-state index contributed by atoms with van der Waals surface area (Å²) >= 11 is 12.8. The number of hydrogen-bond acceptors (Lipinski definition) is 10. The number of benzene rings is 1. The maximum Gasteiger partial charge on any atom is 0.345 e. The van der Waals surface area contributed by atoms with Crippen LogP contribution in [0.15, 0.2) is 45.0 Å². The monoisotopic (exact) mass is 650 g/mol. The number of rotatable bonds is 7. The number of likely N-dealkylation sites (tertiary alicyclic amines) is 1. The first-order valence-corrected chi connectivity index (χ1v) is 16.3. The number of amidine groups is 3. The average Bonchev–Trinajstić information content (AvgIpc) is 3.30. The Balaban J connectivity index is 1.19. The summed E-state index contributed by atoms with van der Waals surface area (Å²) in [5.74, 6) is 0.986. The zero-order valence-corrected chi connectivity index (χ0v) is 26.4. The molecule has 2 fully saturated rings. The Morgan fingerprint density at radius 2 is 1.98 bits per heavy atom. The molecule has 13 nitrogen and oxygen atoms in total. The minimum absolute atomic E-state index is 0.0626. The van der Waals surface area contributed by atoms with E-state index in [2.05, 4.69) is 51.2 Å². The van der Waals surface area contributed by atoms with Gasteiger partial charge in [0.15, 0.2) is 17.5 Å². The number of oxime groups is 1. The quantitative estimate of drug-likeness (QED) is 0.153. The van der Waals surface area contributed by atoms with Crippen molar-refractivity contribution in [3.63, 3.8) is 0 Å². The van der Waals surface area contributed by atoms with Crippen LogP contribution in [0.2, 0.25) is 10.0 Å². The smallest absolute Gasteiger partial charge is 0.345 e. The Hall–Kier alpha value is -3.17. The molecule has 5 N–H and O–H groups in total. The number of pyridine rings is 1. The minimum Gasteiger partial charge on any atom is -0.409 e. The summed E-state index contributed by atoms with van der Waals surface area (Å²) in [5, 5.41) is 16.3. The van der Waals surface area contributed by atoms with E-state index >= 15 is 0 Å². The molecule has 0 amide bonds. The van der Waals surface area contributed by atoms with Crippen LogP contribution in [-0.2, 0) is 16.8 Å². The Labute approximate surface area is 261 Å². The highest BCUT2D eigenvalue weighted by atomic mass is 35.5. The van der Waals surface area contributed by atoms with Gasteiger partial charge in [0.1, 0.15) is 5.82 Å². The van der Waals surface area contributed by atoms with Crippen molar-refractivity contribution < 1.29 is 13.6 Å². The standard InChI is InChI=1S/C27H36Cl2N10O3S/c1-3-20-16-38(27-23(29)13-19(14-32-27)33-26-25(31-2)35-43(41,42)36-26)10-11-39(20)21-6-8-37(9-7-21)15-17-4-5-18(28)12-22(17)24(30)34-40/h4-5,12-14,20-21,40H,3,6-11,15-16H2,1-2H3,(H2,30,34)(H,31,35)(H,33,36)/t20-/m0/s1. The normalized spacial score (nSPS) is 22.9. The van der Waals surface area contributed by atoms with E-state index in [1.807, 2.05) is 12.1 Å². The van der Waals surface area contributed by atoms with Gasteiger partial charge in [0.05, 0.1) is 16.9 Å². The van der Waals surface area contributed by atoms with E-state index in [-0.39, 0.29) is 17.5 Å². The Kier molecular flexibility index (Phi) is 9.61. The van der Waals surface area contributed by atoms with Crippen molar-refractivity contribution in [1.82, 2.24) is 19.5 Å². The van der Waals surface area contributed by atoms with Crippen molar-refractivity contribution in [2.45, 2.75) is 44.8 Å². The first-order valence-electron chi connectivity index (χ1n) is 14.1. The number of piperazine rings is 1. The van der Waals surface area contributed by atoms with E-state index in [0.29, 0.717) is 45.7 Å². The Morgan fingerprint density at radius 3 is 2.65 bits per heavy atom. The molecular weight excluding hydrogens is 615 g/mol. The van der Waals surface area contributed by atoms with Gasteiger partial charge in [-0.2, -0.15) is 8.42 Å². The molecule has 0 unspecified atom stereocenters. The molecule has 1 atom stereocenters. The second-order valence-corrected chi connectivity index (χ2v) is 13.0. The topological polar surface area (TPSA) is 164 Å². The SMILES string of the molecule is CC[C@H]1CN(c2ncc(NC3=NS(=O)(=O)NC3=NC)cc2Cl)CCN1C1CCN(Cc2ccc(Cl)cc2/C(N)=N/O)CC1. The molecule has 0 bridgehead atoms. The van der Waals surface area contributed by atoms with Gasteiger partial charge in [-0.1, -0.05) is 41.3 Å². The summed E-state index contributed by atoms with van der Waals surface area (Å²) in [6.45, 7) is 7.34. The van der Waals surface area contributed by atoms with Gasteiger partial charge >= 0.3 is 10.2 Å². The molecule has 0 spiro atoms. The van der Waals surface area contributed by atoms with Crippen molar-refractivity contribution in [3.05, 3.63) is 51.6 Å². The number of nitrogens with two attached hydrogens (primary N) is 1.